The van der Waals surface area contributed by atoms with Crippen LogP contribution in [-0.2, 0) is 17.8 Å². The predicted molar refractivity (Wildman–Crippen MR) is 116 cm³/mol. The van der Waals surface area contributed by atoms with Crippen molar-refractivity contribution in [3.63, 3.8) is 0 Å². The Morgan fingerprint density at radius 3 is 2.83 bits per heavy atom. The summed E-state index contributed by atoms with van der Waals surface area (Å²) >= 11 is 3.41. The molecule has 1 unspecified atom stereocenters. The molecule has 2 aromatic carbocycles. The Labute approximate surface area is 177 Å². The zero-order valence-electron chi connectivity index (χ0n) is 16.1. The molecule has 6 heteroatoms. The van der Waals surface area contributed by atoms with Gasteiger partial charge in [-0.2, -0.15) is 0 Å². The third kappa shape index (κ3) is 3.50. The highest BCUT2D eigenvalue weighted by atomic mass is 79.9. The van der Waals surface area contributed by atoms with Crippen LogP contribution in [-0.4, -0.2) is 26.4 Å². The molecule has 0 bridgehead atoms. The SMILES string of the molecule is O=C(CCn1cnc2ccc(Br)cc2c1=O)N(C1CC1)C1CCc2ccccc21. The lowest BCUT2D eigenvalue weighted by Crippen LogP contribution is -2.37. The molecule has 148 valence electrons. The van der Waals surface area contributed by atoms with E-state index in [1.54, 1.807) is 17.0 Å². The first-order valence-electron chi connectivity index (χ1n) is 10.2. The Balaban J connectivity index is 1.37. The summed E-state index contributed by atoms with van der Waals surface area (Å²) in [4.78, 5) is 32.5. The van der Waals surface area contributed by atoms with E-state index in [0.29, 0.717) is 29.9 Å². The van der Waals surface area contributed by atoms with Crippen LogP contribution in [0, 0.1) is 0 Å². The maximum Gasteiger partial charge on any atom is 0.261 e. The minimum Gasteiger partial charge on any atom is -0.333 e. The molecular formula is C23H22BrN3O2. The molecule has 1 heterocycles. The van der Waals surface area contributed by atoms with Crippen LogP contribution in [0.3, 0.4) is 0 Å². The summed E-state index contributed by atoms with van der Waals surface area (Å²) in [5, 5.41) is 0.568. The van der Waals surface area contributed by atoms with E-state index in [9.17, 15) is 9.59 Å². The van der Waals surface area contributed by atoms with Crippen molar-refractivity contribution in [3.8, 4) is 0 Å². The zero-order chi connectivity index (χ0) is 20.0. The molecule has 0 aliphatic heterocycles. The average molecular weight is 452 g/mol. The number of amides is 1. The number of carbonyl (C=O) groups is 1. The molecular weight excluding hydrogens is 430 g/mol. The fraction of sp³-hybridized carbons (Fsp3) is 0.348. The van der Waals surface area contributed by atoms with E-state index in [-0.39, 0.29) is 17.5 Å². The largest absolute Gasteiger partial charge is 0.333 e. The monoisotopic (exact) mass is 451 g/mol. The first-order chi connectivity index (χ1) is 14.1. The Kier molecular flexibility index (Phi) is 4.74. The van der Waals surface area contributed by atoms with Crippen LogP contribution in [0.15, 0.2) is 58.1 Å². The number of rotatable bonds is 5. The van der Waals surface area contributed by atoms with E-state index >= 15 is 0 Å². The number of carbonyl (C=O) groups excluding carboxylic acids is 1. The number of hydrogen-bond donors (Lipinski definition) is 0. The van der Waals surface area contributed by atoms with Gasteiger partial charge in [0.1, 0.15) is 0 Å². The van der Waals surface area contributed by atoms with Gasteiger partial charge in [-0.15, -0.1) is 0 Å². The quantitative estimate of drug-likeness (QED) is 0.583. The number of halogens is 1. The smallest absolute Gasteiger partial charge is 0.261 e. The van der Waals surface area contributed by atoms with Crippen molar-refractivity contribution >= 4 is 32.7 Å². The van der Waals surface area contributed by atoms with Crippen LogP contribution < -0.4 is 5.56 Å². The lowest BCUT2D eigenvalue weighted by Gasteiger charge is -2.30. The van der Waals surface area contributed by atoms with Crippen molar-refractivity contribution in [1.82, 2.24) is 14.5 Å². The summed E-state index contributed by atoms with van der Waals surface area (Å²) < 4.78 is 2.40. The van der Waals surface area contributed by atoms with Gasteiger partial charge in [0.15, 0.2) is 0 Å². The Morgan fingerprint density at radius 1 is 1.17 bits per heavy atom. The van der Waals surface area contributed by atoms with E-state index in [1.807, 2.05) is 12.1 Å². The highest BCUT2D eigenvalue weighted by Gasteiger charge is 2.39. The van der Waals surface area contributed by atoms with Crippen molar-refractivity contribution in [2.24, 2.45) is 0 Å². The van der Waals surface area contributed by atoms with Gasteiger partial charge in [-0.1, -0.05) is 40.2 Å². The predicted octanol–water partition coefficient (Wildman–Crippen LogP) is 4.23. The molecule has 1 amide bonds. The summed E-state index contributed by atoms with van der Waals surface area (Å²) in [7, 11) is 0. The van der Waals surface area contributed by atoms with Gasteiger partial charge in [0.25, 0.3) is 5.56 Å². The first kappa shape index (κ1) is 18.6. The van der Waals surface area contributed by atoms with Crippen LogP contribution in [0.4, 0.5) is 0 Å². The molecule has 0 saturated heterocycles. The van der Waals surface area contributed by atoms with Crippen molar-refractivity contribution < 1.29 is 4.79 Å². The summed E-state index contributed by atoms with van der Waals surface area (Å²) in [6.45, 7) is 0.352. The normalized spacial score (nSPS) is 18.0. The molecule has 2 aliphatic carbocycles. The number of benzene rings is 2. The standard InChI is InChI=1S/C23H22BrN3O2/c24-16-6-9-20-19(13-16)23(29)26(14-25-20)12-11-22(28)27(17-7-8-17)21-10-5-15-3-1-2-4-18(15)21/h1-4,6,9,13-14,17,21H,5,7-8,10-12H2. The summed E-state index contributed by atoms with van der Waals surface area (Å²) in [6, 6.07) is 14.5. The molecule has 0 N–H and O–H groups in total. The molecule has 1 atom stereocenters. The highest BCUT2D eigenvalue weighted by molar-refractivity contribution is 9.10. The number of aromatic nitrogens is 2. The fourth-order valence-electron chi connectivity index (χ4n) is 4.44. The van der Waals surface area contributed by atoms with Crippen molar-refractivity contribution in [2.75, 3.05) is 0 Å². The van der Waals surface area contributed by atoms with Crippen molar-refractivity contribution in [3.05, 3.63) is 74.7 Å². The molecule has 5 rings (SSSR count). The number of hydrogen-bond acceptors (Lipinski definition) is 3. The molecule has 0 radical (unpaired) electrons. The van der Waals surface area contributed by atoms with Gasteiger partial charge in [0, 0.05) is 23.5 Å². The van der Waals surface area contributed by atoms with E-state index in [0.717, 1.165) is 30.2 Å². The van der Waals surface area contributed by atoms with Gasteiger partial charge in [-0.3, -0.25) is 14.2 Å². The number of aryl methyl sites for hydroxylation is 2. The molecule has 1 fully saturated rings. The van der Waals surface area contributed by atoms with Gasteiger partial charge in [-0.25, -0.2) is 4.98 Å². The van der Waals surface area contributed by atoms with Crippen LogP contribution in [0.2, 0.25) is 0 Å². The van der Waals surface area contributed by atoms with Gasteiger partial charge in [0.05, 0.1) is 23.3 Å². The third-order valence-electron chi connectivity index (χ3n) is 6.02. The van der Waals surface area contributed by atoms with Gasteiger partial charge in [-0.05, 0) is 55.0 Å². The second kappa shape index (κ2) is 7.41. The van der Waals surface area contributed by atoms with Crippen molar-refractivity contribution in [2.45, 2.75) is 50.7 Å². The topological polar surface area (TPSA) is 55.2 Å². The Morgan fingerprint density at radius 2 is 2.00 bits per heavy atom. The summed E-state index contributed by atoms with van der Waals surface area (Å²) in [5.41, 5.74) is 3.22. The highest BCUT2D eigenvalue weighted by Crippen LogP contribution is 2.42. The van der Waals surface area contributed by atoms with Crippen molar-refractivity contribution in [1.29, 1.82) is 0 Å². The molecule has 2 aliphatic rings. The molecule has 29 heavy (non-hydrogen) atoms. The van der Waals surface area contributed by atoms with Gasteiger partial charge in [0.2, 0.25) is 5.91 Å². The third-order valence-corrected chi connectivity index (χ3v) is 6.51. The summed E-state index contributed by atoms with van der Waals surface area (Å²) in [5.74, 6) is 0.135. The summed E-state index contributed by atoms with van der Waals surface area (Å²) in [6.07, 6.45) is 6.05. The van der Waals surface area contributed by atoms with Crippen LogP contribution in [0.5, 0.6) is 0 Å². The first-order valence-corrected chi connectivity index (χ1v) is 10.9. The fourth-order valence-corrected chi connectivity index (χ4v) is 4.80. The second-order valence-corrected chi connectivity index (χ2v) is 8.86. The lowest BCUT2D eigenvalue weighted by molar-refractivity contribution is -0.134. The maximum atomic E-state index is 13.2. The average Bonchev–Trinajstić information content (AvgIpc) is 3.47. The zero-order valence-corrected chi connectivity index (χ0v) is 17.6. The minimum absolute atomic E-state index is 0.103. The van der Waals surface area contributed by atoms with Crippen LogP contribution >= 0.6 is 15.9 Å². The van der Waals surface area contributed by atoms with Crippen LogP contribution in [0.25, 0.3) is 10.9 Å². The molecule has 5 nitrogen and oxygen atoms in total. The molecule has 1 aromatic heterocycles. The number of fused-ring (bicyclic) bond motifs is 2. The Bertz CT molecular complexity index is 1150. The molecule has 3 aromatic rings. The minimum atomic E-state index is -0.103. The van der Waals surface area contributed by atoms with E-state index in [1.165, 1.54) is 11.1 Å². The van der Waals surface area contributed by atoms with E-state index in [4.69, 9.17) is 0 Å². The second-order valence-electron chi connectivity index (χ2n) is 7.94. The number of nitrogens with zero attached hydrogens (tertiary/aromatic N) is 3. The Hall–Kier alpha value is -2.47. The molecule has 1 saturated carbocycles. The van der Waals surface area contributed by atoms with E-state index in [2.05, 4.69) is 50.1 Å². The van der Waals surface area contributed by atoms with E-state index < -0.39 is 0 Å². The maximum absolute atomic E-state index is 13.2. The van der Waals surface area contributed by atoms with Gasteiger partial charge >= 0.3 is 0 Å². The van der Waals surface area contributed by atoms with Gasteiger partial charge < -0.3 is 4.90 Å². The van der Waals surface area contributed by atoms with Crippen LogP contribution in [0.1, 0.15) is 42.9 Å². The lowest BCUT2D eigenvalue weighted by atomic mass is 10.1. The molecule has 0 spiro atoms.